The first-order valence-electron chi connectivity index (χ1n) is 7.47. The summed E-state index contributed by atoms with van der Waals surface area (Å²) in [4.78, 5) is 34.2. The summed E-state index contributed by atoms with van der Waals surface area (Å²) in [5.41, 5.74) is 0.776. The first-order chi connectivity index (χ1) is 12.4. The molecule has 9 heteroatoms. The third-order valence-corrected chi connectivity index (χ3v) is 3.31. The number of hydrogen-bond acceptors (Lipinski definition) is 8. The molecular formula is C17H21NO8. The Morgan fingerprint density at radius 1 is 1.08 bits per heavy atom. The zero-order valence-electron chi connectivity index (χ0n) is 15.0. The Kier molecular flexibility index (Phi) is 7.94. The van der Waals surface area contributed by atoms with Crippen molar-refractivity contribution >= 4 is 23.6 Å². The molecule has 0 bridgehead atoms. The van der Waals surface area contributed by atoms with Gasteiger partial charge in [0, 0.05) is 23.7 Å². The van der Waals surface area contributed by atoms with E-state index in [4.69, 9.17) is 14.6 Å². The molecule has 0 saturated heterocycles. The van der Waals surface area contributed by atoms with E-state index in [0.717, 1.165) is 6.08 Å². The topological polar surface area (TPSA) is 120 Å². The lowest BCUT2D eigenvalue weighted by atomic mass is 10.1. The minimum absolute atomic E-state index is 0.120. The van der Waals surface area contributed by atoms with Crippen molar-refractivity contribution in [1.82, 2.24) is 0 Å². The van der Waals surface area contributed by atoms with Crippen molar-refractivity contribution in [1.29, 1.82) is 0 Å². The average Bonchev–Trinajstić information content (AvgIpc) is 2.64. The zero-order valence-corrected chi connectivity index (χ0v) is 15.0. The second-order valence-corrected chi connectivity index (χ2v) is 4.96. The maximum atomic E-state index is 11.9. The molecule has 1 aromatic carbocycles. The molecule has 0 amide bonds. The van der Waals surface area contributed by atoms with Gasteiger partial charge in [-0.2, -0.15) is 0 Å². The Morgan fingerprint density at radius 3 is 2.27 bits per heavy atom. The highest BCUT2D eigenvalue weighted by atomic mass is 16.5. The van der Waals surface area contributed by atoms with Crippen molar-refractivity contribution in [2.75, 3.05) is 33.8 Å². The summed E-state index contributed by atoms with van der Waals surface area (Å²) < 4.78 is 19.7. The number of ether oxygens (including phenoxy) is 4. The molecule has 1 rings (SSSR count). The summed E-state index contributed by atoms with van der Waals surface area (Å²) in [6.07, 6.45) is 1.00. The average molecular weight is 367 g/mol. The molecule has 0 fully saturated rings. The number of rotatable bonds is 9. The summed E-state index contributed by atoms with van der Waals surface area (Å²) in [5, 5.41) is 11.7. The summed E-state index contributed by atoms with van der Waals surface area (Å²) in [6, 6.07) is 3.13. The van der Waals surface area contributed by atoms with Gasteiger partial charge in [-0.25, -0.2) is 9.59 Å². The highest BCUT2D eigenvalue weighted by Gasteiger charge is 2.17. The Morgan fingerprint density at radius 2 is 1.77 bits per heavy atom. The third kappa shape index (κ3) is 5.69. The van der Waals surface area contributed by atoms with Crippen LogP contribution in [0.3, 0.4) is 0 Å². The lowest BCUT2D eigenvalue weighted by molar-refractivity contribution is -0.138. The van der Waals surface area contributed by atoms with E-state index in [2.05, 4.69) is 14.8 Å². The number of hydrogen-bond donors (Lipinski definition) is 2. The van der Waals surface area contributed by atoms with Crippen molar-refractivity contribution in [3.8, 4) is 11.5 Å². The van der Waals surface area contributed by atoms with Gasteiger partial charge in [-0.15, -0.1) is 0 Å². The van der Waals surface area contributed by atoms with Crippen molar-refractivity contribution in [3.05, 3.63) is 29.5 Å². The number of aliphatic carboxylic acids is 1. The predicted octanol–water partition coefficient (Wildman–Crippen LogP) is 1.36. The van der Waals surface area contributed by atoms with Gasteiger partial charge in [0.1, 0.15) is 5.70 Å². The molecule has 0 aliphatic rings. The van der Waals surface area contributed by atoms with Crippen LogP contribution in [-0.4, -0.2) is 51.5 Å². The van der Waals surface area contributed by atoms with Crippen LogP contribution in [0.1, 0.15) is 12.0 Å². The van der Waals surface area contributed by atoms with Gasteiger partial charge in [-0.1, -0.05) is 0 Å². The van der Waals surface area contributed by atoms with Gasteiger partial charge in [0.25, 0.3) is 0 Å². The van der Waals surface area contributed by atoms with E-state index >= 15 is 0 Å². The molecule has 0 heterocycles. The van der Waals surface area contributed by atoms with Gasteiger partial charge in [0.2, 0.25) is 0 Å². The number of carboxylic acids is 1. The SMILES string of the molecule is COC(=O)/C=C(/Nc1cc(CCC(=O)O)c(OC)c(OC)c1)C(=O)OC. The number of methoxy groups -OCH3 is 4. The zero-order chi connectivity index (χ0) is 19.7. The lowest BCUT2D eigenvalue weighted by Crippen LogP contribution is -2.15. The molecule has 1 aromatic rings. The summed E-state index contributed by atoms with van der Waals surface area (Å²) >= 11 is 0. The van der Waals surface area contributed by atoms with Crippen LogP contribution in [0.15, 0.2) is 23.9 Å². The number of anilines is 1. The number of nitrogens with one attached hydrogen (secondary N) is 1. The van der Waals surface area contributed by atoms with E-state index in [0.29, 0.717) is 22.7 Å². The predicted molar refractivity (Wildman–Crippen MR) is 91.2 cm³/mol. The molecule has 0 unspecified atom stereocenters. The van der Waals surface area contributed by atoms with Crippen molar-refractivity contribution in [2.24, 2.45) is 0 Å². The molecule has 0 aromatic heterocycles. The Hall–Kier alpha value is -3.23. The monoisotopic (exact) mass is 367 g/mol. The quantitative estimate of drug-likeness (QED) is 0.492. The van der Waals surface area contributed by atoms with E-state index in [9.17, 15) is 14.4 Å². The molecule has 0 atom stereocenters. The van der Waals surface area contributed by atoms with Gasteiger partial charge in [0.05, 0.1) is 34.5 Å². The second kappa shape index (κ2) is 9.92. The Bertz CT molecular complexity index is 711. The number of carboxylic acid groups (broad SMARTS) is 1. The molecule has 0 aliphatic carbocycles. The molecule has 0 aliphatic heterocycles. The molecule has 0 radical (unpaired) electrons. The number of esters is 2. The van der Waals surface area contributed by atoms with Gasteiger partial charge < -0.3 is 29.4 Å². The first kappa shape index (κ1) is 20.8. The molecule has 9 nitrogen and oxygen atoms in total. The molecule has 0 spiro atoms. The molecular weight excluding hydrogens is 346 g/mol. The number of aryl methyl sites for hydroxylation is 1. The van der Waals surface area contributed by atoms with Crippen LogP contribution < -0.4 is 14.8 Å². The summed E-state index contributed by atoms with van der Waals surface area (Å²) in [7, 11) is 5.20. The van der Waals surface area contributed by atoms with Crippen LogP contribution in [0.2, 0.25) is 0 Å². The standard InChI is InChI=1S/C17H21NO8/c1-23-13-8-11(7-10(16(13)25-3)5-6-14(19)20)18-12(17(22)26-4)9-15(21)24-2/h7-9,18H,5-6H2,1-4H3,(H,19,20)/b12-9+. The first-order valence-corrected chi connectivity index (χ1v) is 7.47. The largest absolute Gasteiger partial charge is 0.493 e. The van der Waals surface area contributed by atoms with Crippen molar-refractivity contribution in [3.63, 3.8) is 0 Å². The van der Waals surface area contributed by atoms with Gasteiger partial charge in [-0.3, -0.25) is 4.79 Å². The van der Waals surface area contributed by atoms with E-state index in [1.807, 2.05) is 0 Å². The van der Waals surface area contributed by atoms with Crippen LogP contribution in [0.25, 0.3) is 0 Å². The Labute approximate surface area is 150 Å². The number of carbonyl (C=O) groups is 3. The highest BCUT2D eigenvalue weighted by Crippen LogP contribution is 2.35. The van der Waals surface area contributed by atoms with Crippen molar-refractivity contribution in [2.45, 2.75) is 12.8 Å². The number of benzene rings is 1. The molecule has 0 saturated carbocycles. The highest BCUT2D eigenvalue weighted by molar-refractivity contribution is 5.98. The number of carbonyl (C=O) groups excluding carboxylic acids is 2. The van der Waals surface area contributed by atoms with Crippen molar-refractivity contribution < 1.29 is 38.4 Å². The van der Waals surface area contributed by atoms with E-state index < -0.39 is 17.9 Å². The summed E-state index contributed by atoms with van der Waals surface area (Å²) in [5.74, 6) is -1.77. The van der Waals surface area contributed by atoms with Gasteiger partial charge in [0.15, 0.2) is 11.5 Å². The van der Waals surface area contributed by atoms with E-state index in [1.165, 1.54) is 34.5 Å². The van der Waals surface area contributed by atoms with E-state index in [1.54, 1.807) is 6.07 Å². The third-order valence-electron chi connectivity index (χ3n) is 3.31. The summed E-state index contributed by atoms with van der Waals surface area (Å²) in [6.45, 7) is 0. The van der Waals surface area contributed by atoms with Crippen LogP contribution >= 0.6 is 0 Å². The van der Waals surface area contributed by atoms with Crippen LogP contribution in [0, 0.1) is 0 Å². The smallest absolute Gasteiger partial charge is 0.354 e. The second-order valence-electron chi connectivity index (χ2n) is 4.96. The fraction of sp³-hybridized carbons (Fsp3) is 0.353. The van der Waals surface area contributed by atoms with Gasteiger partial charge >= 0.3 is 17.9 Å². The fourth-order valence-electron chi connectivity index (χ4n) is 2.13. The maximum Gasteiger partial charge on any atom is 0.354 e. The van der Waals surface area contributed by atoms with Crippen LogP contribution in [0.5, 0.6) is 11.5 Å². The van der Waals surface area contributed by atoms with Gasteiger partial charge in [-0.05, 0) is 12.5 Å². The normalized spacial score (nSPS) is 10.7. The molecule has 26 heavy (non-hydrogen) atoms. The molecule has 142 valence electrons. The van der Waals surface area contributed by atoms with E-state index in [-0.39, 0.29) is 18.5 Å². The lowest BCUT2D eigenvalue weighted by Gasteiger charge is -2.16. The minimum Gasteiger partial charge on any atom is -0.493 e. The van der Waals surface area contributed by atoms with Crippen LogP contribution in [-0.2, 0) is 30.3 Å². The minimum atomic E-state index is -0.967. The maximum absolute atomic E-state index is 11.9. The Balaban J connectivity index is 3.30. The fourth-order valence-corrected chi connectivity index (χ4v) is 2.13. The van der Waals surface area contributed by atoms with Crippen LogP contribution in [0.4, 0.5) is 5.69 Å². The molecule has 2 N–H and O–H groups in total.